The van der Waals surface area contributed by atoms with Crippen molar-refractivity contribution < 1.29 is 0 Å². The van der Waals surface area contributed by atoms with Gasteiger partial charge >= 0.3 is 0 Å². The predicted octanol–water partition coefficient (Wildman–Crippen LogP) is 4.57. The first kappa shape index (κ1) is 15.2. The fourth-order valence-corrected chi connectivity index (χ4v) is 2.61. The van der Waals surface area contributed by atoms with Gasteiger partial charge in [0, 0.05) is 6.04 Å². The molecule has 0 saturated heterocycles. The molecule has 0 spiro atoms. The van der Waals surface area contributed by atoms with Crippen LogP contribution in [0.5, 0.6) is 0 Å². The highest BCUT2D eigenvalue weighted by Gasteiger charge is 2.18. The molecule has 1 N–H and O–H groups in total. The normalized spacial score (nSPS) is 13.6. The first-order valence-electron chi connectivity index (χ1n) is 7.21. The van der Waals surface area contributed by atoms with Crippen molar-refractivity contribution in [1.29, 1.82) is 0 Å². The molecule has 0 aliphatic carbocycles. The summed E-state index contributed by atoms with van der Waals surface area (Å²) in [5, 5.41) is 3.69. The number of rotatable bonds is 6. The van der Waals surface area contributed by atoms with Crippen LogP contribution in [0.2, 0.25) is 0 Å². The Kier molecular flexibility index (Phi) is 5.87. The lowest BCUT2D eigenvalue weighted by molar-refractivity contribution is 0.268. The second-order valence-corrected chi connectivity index (χ2v) is 6.20. The number of hydrogen-bond donors (Lipinski definition) is 1. The van der Waals surface area contributed by atoms with Crippen LogP contribution in [0.4, 0.5) is 0 Å². The lowest BCUT2D eigenvalue weighted by Crippen LogP contribution is -2.31. The molecule has 0 aliphatic rings. The third kappa shape index (κ3) is 4.45. The summed E-state index contributed by atoms with van der Waals surface area (Å²) < 4.78 is 0. The zero-order valence-corrected chi connectivity index (χ0v) is 12.8. The van der Waals surface area contributed by atoms with Crippen molar-refractivity contribution in [3.8, 4) is 0 Å². The number of nitrogens with one attached hydrogen (secondary N) is 1. The summed E-state index contributed by atoms with van der Waals surface area (Å²) in [6.45, 7) is 14.8. The molecule has 1 atom stereocenters. The van der Waals surface area contributed by atoms with E-state index >= 15 is 0 Å². The molecule has 1 nitrogen and oxygen atoms in total. The second-order valence-electron chi connectivity index (χ2n) is 6.20. The lowest BCUT2D eigenvalue weighted by atomic mass is 9.85. The van der Waals surface area contributed by atoms with Crippen molar-refractivity contribution in [1.82, 2.24) is 5.32 Å². The van der Waals surface area contributed by atoms with E-state index in [0.717, 1.165) is 24.3 Å². The van der Waals surface area contributed by atoms with Crippen LogP contribution in [0, 0.1) is 24.7 Å². The molecule has 0 fully saturated rings. The van der Waals surface area contributed by atoms with Gasteiger partial charge in [0.25, 0.3) is 0 Å². The average molecular weight is 247 g/mol. The maximum Gasteiger partial charge on any atom is 0.0292 e. The Bertz CT molecular complexity index is 346. The summed E-state index contributed by atoms with van der Waals surface area (Å²) >= 11 is 0. The van der Waals surface area contributed by atoms with Gasteiger partial charge in [-0.05, 0) is 43.7 Å². The lowest BCUT2D eigenvalue weighted by Gasteiger charge is -2.27. The van der Waals surface area contributed by atoms with Crippen LogP contribution in [0.15, 0.2) is 24.3 Å². The van der Waals surface area contributed by atoms with Gasteiger partial charge in [-0.25, -0.2) is 0 Å². The van der Waals surface area contributed by atoms with Crippen LogP contribution in [-0.4, -0.2) is 6.54 Å². The number of benzene rings is 1. The van der Waals surface area contributed by atoms with Gasteiger partial charge < -0.3 is 5.32 Å². The standard InChI is InChI=1S/C17H29N/c1-12(2)17(13(3)4)11-18-15(6)16-9-7-8-14(5)10-16/h7-10,12-13,15,17-18H,11H2,1-6H3/t15-/m1/s1. The van der Waals surface area contributed by atoms with Crippen molar-refractivity contribution >= 4 is 0 Å². The highest BCUT2D eigenvalue weighted by atomic mass is 14.9. The van der Waals surface area contributed by atoms with E-state index in [1.165, 1.54) is 11.1 Å². The summed E-state index contributed by atoms with van der Waals surface area (Å²) in [5.41, 5.74) is 2.73. The van der Waals surface area contributed by atoms with Crippen LogP contribution < -0.4 is 5.32 Å². The molecular weight excluding hydrogens is 218 g/mol. The van der Waals surface area contributed by atoms with Gasteiger partial charge in [-0.2, -0.15) is 0 Å². The van der Waals surface area contributed by atoms with Crippen LogP contribution in [0.25, 0.3) is 0 Å². The first-order chi connectivity index (χ1) is 8.41. The van der Waals surface area contributed by atoms with Crippen LogP contribution in [0.1, 0.15) is 51.8 Å². The quantitative estimate of drug-likeness (QED) is 0.776. The molecule has 1 rings (SSSR count). The van der Waals surface area contributed by atoms with E-state index in [4.69, 9.17) is 0 Å². The summed E-state index contributed by atoms with van der Waals surface area (Å²) in [5.74, 6) is 2.22. The maximum absolute atomic E-state index is 3.69. The molecule has 18 heavy (non-hydrogen) atoms. The van der Waals surface area contributed by atoms with Crippen molar-refractivity contribution in [3.05, 3.63) is 35.4 Å². The van der Waals surface area contributed by atoms with E-state index in [2.05, 4.69) is 71.1 Å². The average Bonchev–Trinajstić information content (AvgIpc) is 2.28. The zero-order valence-electron chi connectivity index (χ0n) is 12.8. The van der Waals surface area contributed by atoms with E-state index in [1.807, 2.05) is 0 Å². The zero-order chi connectivity index (χ0) is 13.7. The fourth-order valence-electron chi connectivity index (χ4n) is 2.61. The molecule has 0 amide bonds. The number of hydrogen-bond acceptors (Lipinski definition) is 1. The Morgan fingerprint density at radius 1 is 1.00 bits per heavy atom. The molecule has 102 valence electrons. The molecule has 1 aromatic rings. The molecule has 0 bridgehead atoms. The molecule has 0 aliphatic heterocycles. The molecule has 0 unspecified atom stereocenters. The van der Waals surface area contributed by atoms with Crippen molar-refractivity contribution in [2.75, 3.05) is 6.54 Å². The molecule has 0 radical (unpaired) electrons. The number of aryl methyl sites for hydroxylation is 1. The van der Waals surface area contributed by atoms with E-state index in [9.17, 15) is 0 Å². The monoisotopic (exact) mass is 247 g/mol. The molecule has 0 saturated carbocycles. The van der Waals surface area contributed by atoms with Gasteiger partial charge in [-0.1, -0.05) is 57.5 Å². The Hall–Kier alpha value is -0.820. The Morgan fingerprint density at radius 3 is 2.11 bits per heavy atom. The Balaban J connectivity index is 2.57. The highest BCUT2D eigenvalue weighted by Crippen LogP contribution is 2.21. The van der Waals surface area contributed by atoms with E-state index in [-0.39, 0.29) is 0 Å². The van der Waals surface area contributed by atoms with E-state index in [0.29, 0.717) is 6.04 Å². The van der Waals surface area contributed by atoms with Gasteiger partial charge in [0.1, 0.15) is 0 Å². The molecular formula is C17H29N. The summed E-state index contributed by atoms with van der Waals surface area (Å²) in [6, 6.07) is 9.22. The Labute approximate surface area is 113 Å². The fraction of sp³-hybridized carbons (Fsp3) is 0.647. The molecule has 1 aromatic carbocycles. The smallest absolute Gasteiger partial charge is 0.0292 e. The second kappa shape index (κ2) is 6.94. The SMILES string of the molecule is Cc1cccc([C@@H](C)NCC(C(C)C)C(C)C)c1. The van der Waals surface area contributed by atoms with E-state index in [1.54, 1.807) is 0 Å². The molecule has 1 heteroatoms. The van der Waals surface area contributed by atoms with Crippen molar-refractivity contribution in [3.63, 3.8) is 0 Å². The molecule has 0 aromatic heterocycles. The van der Waals surface area contributed by atoms with Crippen LogP contribution in [0.3, 0.4) is 0 Å². The minimum absolute atomic E-state index is 0.435. The first-order valence-corrected chi connectivity index (χ1v) is 7.21. The van der Waals surface area contributed by atoms with Gasteiger partial charge in [0.05, 0.1) is 0 Å². The minimum Gasteiger partial charge on any atom is -0.310 e. The predicted molar refractivity (Wildman–Crippen MR) is 80.8 cm³/mol. The van der Waals surface area contributed by atoms with Gasteiger partial charge in [-0.15, -0.1) is 0 Å². The molecule has 0 heterocycles. The van der Waals surface area contributed by atoms with Gasteiger partial charge in [-0.3, -0.25) is 0 Å². The third-order valence-corrected chi connectivity index (χ3v) is 3.91. The minimum atomic E-state index is 0.435. The van der Waals surface area contributed by atoms with Crippen molar-refractivity contribution in [2.45, 2.75) is 47.6 Å². The summed E-state index contributed by atoms with van der Waals surface area (Å²) in [7, 11) is 0. The van der Waals surface area contributed by atoms with Crippen LogP contribution >= 0.6 is 0 Å². The van der Waals surface area contributed by atoms with Gasteiger partial charge in [0.2, 0.25) is 0 Å². The highest BCUT2D eigenvalue weighted by molar-refractivity contribution is 5.24. The topological polar surface area (TPSA) is 12.0 Å². The largest absolute Gasteiger partial charge is 0.310 e. The van der Waals surface area contributed by atoms with Gasteiger partial charge in [0.15, 0.2) is 0 Å². The third-order valence-electron chi connectivity index (χ3n) is 3.91. The van der Waals surface area contributed by atoms with Crippen molar-refractivity contribution in [2.24, 2.45) is 17.8 Å². The summed E-state index contributed by atoms with van der Waals surface area (Å²) in [6.07, 6.45) is 0. The maximum atomic E-state index is 3.69. The van der Waals surface area contributed by atoms with E-state index < -0.39 is 0 Å². The Morgan fingerprint density at radius 2 is 1.61 bits per heavy atom. The summed E-state index contributed by atoms with van der Waals surface area (Å²) in [4.78, 5) is 0. The van der Waals surface area contributed by atoms with Crippen LogP contribution in [-0.2, 0) is 0 Å².